The lowest BCUT2D eigenvalue weighted by Crippen LogP contribution is -2.27. The zero-order chi connectivity index (χ0) is 21.8. The largest absolute Gasteiger partial charge is 0.453 e. The van der Waals surface area contributed by atoms with Crippen molar-refractivity contribution in [2.24, 2.45) is 0 Å². The van der Waals surface area contributed by atoms with Crippen LogP contribution in [0.5, 0.6) is 0 Å². The van der Waals surface area contributed by atoms with Crippen molar-refractivity contribution in [3.8, 4) is 10.8 Å². The summed E-state index contributed by atoms with van der Waals surface area (Å²) in [4.78, 5) is 13.4. The van der Waals surface area contributed by atoms with E-state index in [1.54, 1.807) is 31.2 Å². The van der Waals surface area contributed by atoms with E-state index in [9.17, 15) is 13.2 Å². The van der Waals surface area contributed by atoms with E-state index in [1.807, 2.05) is 17.5 Å². The first kappa shape index (κ1) is 21.7. The van der Waals surface area contributed by atoms with Crippen LogP contribution in [-0.2, 0) is 26.0 Å². The topological polar surface area (TPSA) is 103 Å². The van der Waals surface area contributed by atoms with Crippen LogP contribution in [-0.4, -0.2) is 42.0 Å². The molecule has 4 rings (SSSR count). The molecule has 0 N–H and O–H groups in total. The number of esters is 1. The number of nitrogens with zero attached hydrogens (tertiary/aromatic N) is 3. The summed E-state index contributed by atoms with van der Waals surface area (Å²) in [6.45, 7) is 2.83. The Bertz CT molecular complexity index is 1120. The lowest BCUT2D eigenvalue weighted by Gasteiger charge is -2.15. The molecule has 1 fully saturated rings. The summed E-state index contributed by atoms with van der Waals surface area (Å²) in [5.74, 6) is 0.252. The van der Waals surface area contributed by atoms with Crippen molar-refractivity contribution in [2.75, 3.05) is 13.1 Å². The van der Waals surface area contributed by atoms with Gasteiger partial charge in [-0.05, 0) is 55.3 Å². The van der Waals surface area contributed by atoms with Crippen molar-refractivity contribution in [3.63, 3.8) is 0 Å². The van der Waals surface area contributed by atoms with Gasteiger partial charge in [0, 0.05) is 19.5 Å². The summed E-state index contributed by atoms with van der Waals surface area (Å²) in [6.07, 6.45) is 1.75. The number of aryl methyl sites for hydroxylation is 1. The number of benzene rings is 1. The molecule has 1 unspecified atom stereocenters. The second-order valence-corrected chi connectivity index (χ2v) is 10.2. The highest BCUT2D eigenvalue weighted by Gasteiger charge is 2.27. The van der Waals surface area contributed by atoms with Crippen LogP contribution in [0.25, 0.3) is 10.8 Å². The molecule has 0 radical (unpaired) electrons. The molecule has 1 saturated heterocycles. The highest BCUT2D eigenvalue weighted by Crippen LogP contribution is 2.26. The Morgan fingerprint density at radius 1 is 1.19 bits per heavy atom. The van der Waals surface area contributed by atoms with E-state index in [1.165, 1.54) is 15.6 Å². The molecule has 3 heterocycles. The molecule has 164 valence electrons. The Hall–Kier alpha value is -2.56. The molecule has 2 aromatic heterocycles. The lowest BCUT2D eigenvalue weighted by molar-refractivity contribution is -0.149. The summed E-state index contributed by atoms with van der Waals surface area (Å²) >= 11 is 1.49. The van der Waals surface area contributed by atoms with Crippen LogP contribution in [0.2, 0.25) is 0 Å². The summed E-state index contributed by atoms with van der Waals surface area (Å²) in [7, 11) is -3.43. The summed E-state index contributed by atoms with van der Waals surface area (Å²) in [6, 6.07) is 10.4. The number of thiophene rings is 1. The van der Waals surface area contributed by atoms with Gasteiger partial charge in [-0.2, -0.15) is 4.31 Å². The SMILES string of the molecule is CC(OC(=O)CCc1ccc(S(=O)(=O)N2CCCC2)cc1)c1nnc(-c2cccs2)o1. The number of rotatable bonds is 8. The van der Waals surface area contributed by atoms with Gasteiger partial charge in [-0.15, -0.1) is 21.5 Å². The zero-order valence-electron chi connectivity index (χ0n) is 17.1. The van der Waals surface area contributed by atoms with Crippen LogP contribution in [0.3, 0.4) is 0 Å². The van der Waals surface area contributed by atoms with E-state index < -0.39 is 22.1 Å². The number of hydrogen-bond donors (Lipinski definition) is 0. The fourth-order valence-corrected chi connectivity index (χ4v) is 5.52. The minimum absolute atomic E-state index is 0.161. The van der Waals surface area contributed by atoms with Crippen LogP contribution in [0, 0.1) is 0 Å². The number of carbonyl (C=O) groups is 1. The fraction of sp³-hybridized carbons (Fsp3) is 0.381. The van der Waals surface area contributed by atoms with Crippen LogP contribution in [0.15, 0.2) is 51.1 Å². The number of aromatic nitrogens is 2. The Morgan fingerprint density at radius 2 is 1.94 bits per heavy atom. The third-order valence-electron chi connectivity index (χ3n) is 5.07. The van der Waals surface area contributed by atoms with Gasteiger partial charge in [0.1, 0.15) is 0 Å². The van der Waals surface area contributed by atoms with Crippen molar-refractivity contribution in [1.29, 1.82) is 0 Å². The van der Waals surface area contributed by atoms with Gasteiger partial charge in [-0.1, -0.05) is 18.2 Å². The summed E-state index contributed by atoms with van der Waals surface area (Å²) in [5, 5.41) is 9.86. The van der Waals surface area contributed by atoms with Crippen LogP contribution in [0.1, 0.15) is 43.7 Å². The molecule has 0 aliphatic carbocycles. The van der Waals surface area contributed by atoms with E-state index in [0.717, 1.165) is 23.3 Å². The van der Waals surface area contributed by atoms with Crippen molar-refractivity contribution < 1.29 is 22.4 Å². The van der Waals surface area contributed by atoms with Crippen LogP contribution >= 0.6 is 11.3 Å². The molecule has 3 aromatic rings. The van der Waals surface area contributed by atoms with E-state index in [0.29, 0.717) is 25.4 Å². The first-order valence-electron chi connectivity index (χ1n) is 10.1. The van der Waals surface area contributed by atoms with Crippen molar-refractivity contribution in [2.45, 2.75) is 43.6 Å². The fourth-order valence-electron chi connectivity index (χ4n) is 3.36. The van der Waals surface area contributed by atoms with Gasteiger partial charge in [-0.25, -0.2) is 8.42 Å². The standard InChI is InChI=1S/C21H23N3O5S2/c1-15(20-22-23-21(29-20)18-5-4-14-30-18)28-19(25)11-8-16-6-9-17(10-7-16)31(26,27)24-12-2-3-13-24/h4-7,9-10,14-15H,2-3,8,11-13H2,1H3. The highest BCUT2D eigenvalue weighted by atomic mass is 32.2. The van der Waals surface area contributed by atoms with E-state index >= 15 is 0 Å². The maximum atomic E-state index is 12.6. The second kappa shape index (κ2) is 9.29. The monoisotopic (exact) mass is 461 g/mol. The van der Waals surface area contributed by atoms with Gasteiger partial charge in [0.25, 0.3) is 11.8 Å². The molecular weight excluding hydrogens is 438 g/mol. The first-order chi connectivity index (χ1) is 14.9. The normalized spacial score (nSPS) is 15.8. The highest BCUT2D eigenvalue weighted by molar-refractivity contribution is 7.89. The van der Waals surface area contributed by atoms with Gasteiger partial charge in [-0.3, -0.25) is 4.79 Å². The molecule has 8 nitrogen and oxygen atoms in total. The minimum atomic E-state index is -3.43. The molecule has 1 aliphatic heterocycles. The average Bonchev–Trinajstić information content (AvgIpc) is 3.54. The minimum Gasteiger partial charge on any atom is -0.453 e. The molecule has 0 spiro atoms. The Kier molecular flexibility index (Phi) is 6.49. The van der Waals surface area contributed by atoms with Crippen LogP contribution in [0.4, 0.5) is 0 Å². The maximum absolute atomic E-state index is 12.6. The molecule has 1 atom stereocenters. The molecule has 0 amide bonds. The third kappa shape index (κ3) is 5.03. The Morgan fingerprint density at radius 3 is 2.61 bits per heavy atom. The van der Waals surface area contributed by atoms with Crippen LogP contribution < -0.4 is 0 Å². The molecule has 0 saturated carbocycles. The maximum Gasteiger partial charge on any atom is 0.306 e. The number of sulfonamides is 1. The number of ether oxygens (including phenoxy) is 1. The summed E-state index contributed by atoms with van der Waals surface area (Å²) < 4.78 is 37.7. The molecular formula is C21H23N3O5S2. The van der Waals surface area contributed by atoms with E-state index in [2.05, 4.69) is 10.2 Å². The number of hydrogen-bond acceptors (Lipinski definition) is 8. The van der Waals surface area contributed by atoms with Gasteiger partial charge in [0.05, 0.1) is 9.77 Å². The number of carbonyl (C=O) groups excluding carboxylic acids is 1. The quantitative estimate of drug-likeness (QED) is 0.470. The first-order valence-corrected chi connectivity index (χ1v) is 12.4. The predicted molar refractivity (Wildman–Crippen MR) is 115 cm³/mol. The van der Waals surface area contributed by atoms with Gasteiger partial charge in [0.2, 0.25) is 10.0 Å². The van der Waals surface area contributed by atoms with Gasteiger partial charge in [0.15, 0.2) is 6.10 Å². The Labute approximate surface area is 184 Å². The molecule has 1 aliphatic rings. The van der Waals surface area contributed by atoms with Gasteiger partial charge >= 0.3 is 5.97 Å². The van der Waals surface area contributed by atoms with E-state index in [-0.39, 0.29) is 17.2 Å². The smallest absolute Gasteiger partial charge is 0.306 e. The predicted octanol–water partition coefficient (Wildman–Crippen LogP) is 3.82. The van der Waals surface area contributed by atoms with E-state index in [4.69, 9.17) is 9.15 Å². The molecule has 1 aromatic carbocycles. The van der Waals surface area contributed by atoms with Crippen molar-refractivity contribution in [1.82, 2.24) is 14.5 Å². The average molecular weight is 462 g/mol. The van der Waals surface area contributed by atoms with Crippen molar-refractivity contribution in [3.05, 3.63) is 53.2 Å². The van der Waals surface area contributed by atoms with Crippen molar-refractivity contribution >= 4 is 27.3 Å². The molecule has 31 heavy (non-hydrogen) atoms. The third-order valence-corrected chi connectivity index (χ3v) is 7.84. The molecule has 10 heteroatoms. The Balaban J connectivity index is 1.29. The lowest BCUT2D eigenvalue weighted by atomic mass is 10.1. The second-order valence-electron chi connectivity index (χ2n) is 7.31. The molecule has 0 bridgehead atoms. The summed E-state index contributed by atoms with van der Waals surface area (Å²) in [5.41, 5.74) is 0.864. The zero-order valence-corrected chi connectivity index (χ0v) is 18.7. The van der Waals surface area contributed by atoms with Gasteiger partial charge < -0.3 is 9.15 Å².